The molecule has 0 fully saturated rings. The fraction of sp³-hybridized carbons (Fsp3) is 0.438. The Hall–Kier alpha value is -1.81. The second-order valence-electron chi connectivity index (χ2n) is 4.77. The molecule has 0 aliphatic carbocycles. The lowest BCUT2D eigenvalue weighted by Gasteiger charge is -2.20. The Balaban J connectivity index is 2.08. The Kier molecular flexibility index (Phi) is 5.62. The molecule has 1 atom stereocenters. The Labute approximate surface area is 120 Å². The van der Waals surface area contributed by atoms with Gasteiger partial charge in [0, 0.05) is 18.9 Å². The number of aromatic nitrogens is 2. The number of hydrogen-bond acceptors (Lipinski definition) is 3. The molecule has 0 amide bonds. The summed E-state index contributed by atoms with van der Waals surface area (Å²) in [4.78, 5) is 4.10. The van der Waals surface area contributed by atoms with Gasteiger partial charge in [0.15, 0.2) is 0 Å². The number of nitrogens with zero attached hydrogens (tertiary/aromatic N) is 2. The molecule has 1 heterocycles. The maximum Gasteiger partial charge on any atom is 0.119 e. The van der Waals surface area contributed by atoms with Gasteiger partial charge in [-0.3, -0.25) is 0 Å². The third-order valence-corrected chi connectivity index (χ3v) is 3.19. The average molecular weight is 273 g/mol. The van der Waals surface area contributed by atoms with Gasteiger partial charge in [0.1, 0.15) is 5.75 Å². The standard InChI is InChI=1S/C16H23N3O/c1-3-9-18-16(12-19-11-10-17-13-19)14-5-7-15(8-6-14)20-4-2/h5-8,10-11,13,16,18H,3-4,9,12H2,1-2H3. The Morgan fingerprint density at radius 2 is 2.05 bits per heavy atom. The van der Waals surface area contributed by atoms with E-state index in [9.17, 15) is 0 Å². The highest BCUT2D eigenvalue weighted by molar-refractivity contribution is 5.29. The summed E-state index contributed by atoms with van der Waals surface area (Å²) in [5.41, 5.74) is 1.27. The van der Waals surface area contributed by atoms with E-state index in [0.29, 0.717) is 12.6 Å². The molecule has 4 nitrogen and oxygen atoms in total. The van der Waals surface area contributed by atoms with Gasteiger partial charge in [0.25, 0.3) is 0 Å². The van der Waals surface area contributed by atoms with Gasteiger partial charge < -0.3 is 14.6 Å². The largest absolute Gasteiger partial charge is 0.494 e. The summed E-state index contributed by atoms with van der Waals surface area (Å²) in [6.07, 6.45) is 6.79. The second kappa shape index (κ2) is 7.70. The first-order chi connectivity index (χ1) is 9.83. The zero-order valence-electron chi connectivity index (χ0n) is 12.2. The van der Waals surface area contributed by atoms with Crippen molar-refractivity contribution in [2.75, 3.05) is 13.2 Å². The molecule has 1 N–H and O–H groups in total. The van der Waals surface area contributed by atoms with E-state index in [1.165, 1.54) is 5.56 Å². The first-order valence-electron chi connectivity index (χ1n) is 7.25. The maximum atomic E-state index is 5.49. The van der Waals surface area contributed by atoms with E-state index in [-0.39, 0.29) is 0 Å². The molecule has 2 aromatic rings. The number of imidazole rings is 1. The molecule has 108 valence electrons. The van der Waals surface area contributed by atoms with Crippen molar-refractivity contribution >= 4 is 0 Å². The van der Waals surface area contributed by atoms with Crippen LogP contribution in [0.2, 0.25) is 0 Å². The number of benzene rings is 1. The van der Waals surface area contributed by atoms with Crippen molar-refractivity contribution in [3.63, 3.8) is 0 Å². The summed E-state index contributed by atoms with van der Waals surface area (Å²) in [5, 5.41) is 3.59. The average Bonchev–Trinajstić information content (AvgIpc) is 2.98. The molecule has 2 rings (SSSR count). The lowest BCUT2D eigenvalue weighted by Crippen LogP contribution is -2.26. The summed E-state index contributed by atoms with van der Waals surface area (Å²) in [6.45, 7) is 6.77. The van der Waals surface area contributed by atoms with Gasteiger partial charge in [-0.05, 0) is 37.6 Å². The van der Waals surface area contributed by atoms with Crippen LogP contribution in [0.25, 0.3) is 0 Å². The minimum absolute atomic E-state index is 0.292. The van der Waals surface area contributed by atoms with E-state index in [1.807, 2.05) is 37.8 Å². The molecule has 0 aliphatic heterocycles. The minimum Gasteiger partial charge on any atom is -0.494 e. The maximum absolute atomic E-state index is 5.49. The predicted molar refractivity (Wildman–Crippen MR) is 80.9 cm³/mol. The van der Waals surface area contributed by atoms with Crippen LogP contribution in [0.3, 0.4) is 0 Å². The highest BCUT2D eigenvalue weighted by Gasteiger charge is 2.11. The first-order valence-corrected chi connectivity index (χ1v) is 7.25. The molecule has 4 heteroatoms. The van der Waals surface area contributed by atoms with Crippen molar-refractivity contribution < 1.29 is 4.74 Å². The van der Waals surface area contributed by atoms with Crippen molar-refractivity contribution in [1.82, 2.24) is 14.9 Å². The monoisotopic (exact) mass is 273 g/mol. The Morgan fingerprint density at radius 3 is 2.65 bits per heavy atom. The summed E-state index contributed by atoms with van der Waals surface area (Å²) >= 11 is 0. The second-order valence-corrected chi connectivity index (χ2v) is 4.77. The molecule has 20 heavy (non-hydrogen) atoms. The molecular weight excluding hydrogens is 250 g/mol. The van der Waals surface area contributed by atoms with E-state index >= 15 is 0 Å². The molecular formula is C16H23N3O. The van der Waals surface area contributed by atoms with Gasteiger partial charge in [-0.25, -0.2) is 4.98 Å². The van der Waals surface area contributed by atoms with Gasteiger partial charge in [0.05, 0.1) is 19.0 Å². The molecule has 0 aliphatic rings. The Morgan fingerprint density at radius 1 is 1.25 bits per heavy atom. The number of ether oxygens (including phenoxy) is 1. The van der Waals surface area contributed by atoms with Gasteiger partial charge >= 0.3 is 0 Å². The lowest BCUT2D eigenvalue weighted by molar-refractivity contribution is 0.340. The topological polar surface area (TPSA) is 39.1 Å². The summed E-state index contributed by atoms with van der Waals surface area (Å²) in [7, 11) is 0. The zero-order valence-corrected chi connectivity index (χ0v) is 12.2. The third-order valence-electron chi connectivity index (χ3n) is 3.19. The van der Waals surface area contributed by atoms with E-state index in [4.69, 9.17) is 4.74 Å². The van der Waals surface area contributed by atoms with Crippen molar-refractivity contribution in [3.8, 4) is 5.75 Å². The normalized spacial score (nSPS) is 12.3. The van der Waals surface area contributed by atoms with Crippen LogP contribution < -0.4 is 10.1 Å². The molecule has 1 unspecified atom stereocenters. The molecule has 1 aromatic heterocycles. The Bertz CT molecular complexity index is 479. The summed E-state index contributed by atoms with van der Waals surface area (Å²) in [6, 6.07) is 8.63. The van der Waals surface area contributed by atoms with Gasteiger partial charge in [-0.1, -0.05) is 19.1 Å². The van der Waals surface area contributed by atoms with Gasteiger partial charge in [0.2, 0.25) is 0 Å². The predicted octanol–water partition coefficient (Wildman–Crippen LogP) is 3.02. The summed E-state index contributed by atoms with van der Waals surface area (Å²) < 4.78 is 7.59. The first kappa shape index (κ1) is 14.6. The smallest absolute Gasteiger partial charge is 0.119 e. The van der Waals surface area contributed by atoms with Crippen molar-refractivity contribution in [3.05, 3.63) is 48.5 Å². The van der Waals surface area contributed by atoms with Gasteiger partial charge in [-0.2, -0.15) is 0 Å². The molecule has 0 spiro atoms. The number of hydrogen-bond donors (Lipinski definition) is 1. The minimum atomic E-state index is 0.292. The van der Waals surface area contributed by atoms with Crippen LogP contribution in [0.5, 0.6) is 5.75 Å². The zero-order chi connectivity index (χ0) is 14.2. The van der Waals surface area contributed by atoms with Gasteiger partial charge in [-0.15, -0.1) is 0 Å². The lowest BCUT2D eigenvalue weighted by atomic mass is 10.1. The van der Waals surface area contributed by atoms with Crippen LogP contribution in [-0.4, -0.2) is 22.7 Å². The molecule has 0 bridgehead atoms. The van der Waals surface area contributed by atoms with E-state index in [0.717, 1.165) is 25.3 Å². The van der Waals surface area contributed by atoms with Crippen molar-refractivity contribution in [2.24, 2.45) is 0 Å². The van der Waals surface area contributed by atoms with E-state index in [1.54, 1.807) is 0 Å². The number of nitrogens with one attached hydrogen (secondary N) is 1. The van der Waals surface area contributed by atoms with Crippen LogP contribution in [0.15, 0.2) is 43.0 Å². The third kappa shape index (κ3) is 4.10. The fourth-order valence-electron chi connectivity index (χ4n) is 2.17. The molecule has 0 saturated carbocycles. The quantitative estimate of drug-likeness (QED) is 0.803. The number of rotatable bonds is 8. The SMILES string of the molecule is CCCNC(Cn1ccnc1)c1ccc(OCC)cc1. The van der Waals surface area contributed by atoms with Crippen molar-refractivity contribution in [1.29, 1.82) is 0 Å². The highest BCUT2D eigenvalue weighted by Crippen LogP contribution is 2.19. The molecule has 0 radical (unpaired) electrons. The molecule has 1 aromatic carbocycles. The fourth-order valence-corrected chi connectivity index (χ4v) is 2.17. The van der Waals surface area contributed by atoms with Crippen LogP contribution >= 0.6 is 0 Å². The van der Waals surface area contributed by atoms with E-state index in [2.05, 4.69) is 33.9 Å². The van der Waals surface area contributed by atoms with E-state index < -0.39 is 0 Å². The van der Waals surface area contributed by atoms with Crippen LogP contribution in [0.4, 0.5) is 0 Å². The van der Waals surface area contributed by atoms with Crippen LogP contribution in [-0.2, 0) is 6.54 Å². The van der Waals surface area contributed by atoms with Crippen molar-refractivity contribution in [2.45, 2.75) is 32.9 Å². The van der Waals surface area contributed by atoms with Crippen LogP contribution in [0.1, 0.15) is 31.9 Å². The highest BCUT2D eigenvalue weighted by atomic mass is 16.5. The molecule has 0 saturated heterocycles. The van der Waals surface area contributed by atoms with Crippen LogP contribution in [0, 0.1) is 0 Å². The summed E-state index contributed by atoms with van der Waals surface area (Å²) in [5.74, 6) is 0.924.